The Morgan fingerprint density at radius 1 is 1.18 bits per heavy atom. The molecule has 6 nitrogen and oxygen atoms in total. The van der Waals surface area contributed by atoms with Crippen LogP contribution in [0.2, 0.25) is 0 Å². The number of hydrogen-bond acceptors (Lipinski definition) is 5. The van der Waals surface area contributed by atoms with E-state index in [1.54, 1.807) is 12.4 Å². The van der Waals surface area contributed by atoms with Crippen LogP contribution in [-0.2, 0) is 24.3 Å². The van der Waals surface area contributed by atoms with E-state index in [9.17, 15) is 4.79 Å². The zero-order valence-corrected chi connectivity index (χ0v) is 16.0. The normalized spacial score (nSPS) is 13.6. The summed E-state index contributed by atoms with van der Waals surface area (Å²) >= 11 is 0. The Kier molecular flexibility index (Phi) is 5.48. The fourth-order valence-corrected chi connectivity index (χ4v) is 3.54. The first-order valence-corrected chi connectivity index (χ1v) is 9.58. The average Bonchev–Trinajstić information content (AvgIpc) is 3.20. The van der Waals surface area contributed by atoms with E-state index in [1.165, 1.54) is 11.1 Å². The molecule has 1 aromatic carbocycles. The van der Waals surface area contributed by atoms with Gasteiger partial charge in [-0.25, -0.2) is 0 Å². The molecular weight excluding hydrogens is 352 g/mol. The molecule has 2 aromatic heterocycles. The minimum atomic E-state index is 0.205. The lowest BCUT2D eigenvalue weighted by atomic mass is 10.00. The summed E-state index contributed by atoms with van der Waals surface area (Å²) in [6.45, 7) is 2.82. The molecule has 6 heteroatoms. The quantitative estimate of drug-likeness (QED) is 0.661. The Morgan fingerprint density at radius 2 is 1.96 bits per heavy atom. The van der Waals surface area contributed by atoms with Gasteiger partial charge in [-0.2, -0.15) is 0 Å². The molecule has 0 bridgehead atoms. The SMILES string of the molecule is CN(CCC(=O)N1CCc2ccccc2C1)Cc1cc(-c2ccncc2)no1. The number of carbonyl (C=O) groups excluding carboxylic acids is 1. The van der Waals surface area contributed by atoms with E-state index in [4.69, 9.17) is 4.52 Å². The molecule has 4 rings (SSSR count). The van der Waals surface area contributed by atoms with Gasteiger partial charge >= 0.3 is 0 Å². The Labute approximate surface area is 164 Å². The van der Waals surface area contributed by atoms with Gasteiger partial charge < -0.3 is 9.42 Å². The van der Waals surface area contributed by atoms with Crippen molar-refractivity contribution in [1.82, 2.24) is 19.9 Å². The summed E-state index contributed by atoms with van der Waals surface area (Å²) in [5.41, 5.74) is 4.40. The van der Waals surface area contributed by atoms with Crippen LogP contribution in [0.5, 0.6) is 0 Å². The molecule has 0 fully saturated rings. The fraction of sp³-hybridized carbons (Fsp3) is 0.318. The first kappa shape index (κ1) is 18.4. The summed E-state index contributed by atoms with van der Waals surface area (Å²) in [4.78, 5) is 20.7. The van der Waals surface area contributed by atoms with E-state index < -0.39 is 0 Å². The van der Waals surface area contributed by atoms with Gasteiger partial charge in [0.1, 0.15) is 5.69 Å². The van der Waals surface area contributed by atoms with Crippen molar-refractivity contribution in [3.05, 3.63) is 71.7 Å². The number of amides is 1. The van der Waals surface area contributed by atoms with Gasteiger partial charge in [0.05, 0.1) is 6.54 Å². The van der Waals surface area contributed by atoms with Crippen molar-refractivity contribution in [2.24, 2.45) is 0 Å². The maximum absolute atomic E-state index is 12.6. The number of aromatic nitrogens is 2. The second kappa shape index (κ2) is 8.35. The zero-order valence-electron chi connectivity index (χ0n) is 16.0. The second-order valence-corrected chi connectivity index (χ2v) is 7.24. The van der Waals surface area contributed by atoms with Gasteiger partial charge in [-0.05, 0) is 36.7 Å². The summed E-state index contributed by atoms with van der Waals surface area (Å²) in [6, 6.07) is 14.1. The van der Waals surface area contributed by atoms with Gasteiger partial charge in [0.15, 0.2) is 5.76 Å². The van der Waals surface area contributed by atoms with E-state index in [2.05, 4.69) is 33.2 Å². The van der Waals surface area contributed by atoms with Gasteiger partial charge in [-0.3, -0.25) is 14.7 Å². The molecule has 0 aliphatic carbocycles. The lowest BCUT2D eigenvalue weighted by molar-refractivity contribution is -0.132. The van der Waals surface area contributed by atoms with Crippen LogP contribution in [0.15, 0.2) is 59.4 Å². The van der Waals surface area contributed by atoms with E-state index >= 15 is 0 Å². The number of nitrogens with zero attached hydrogens (tertiary/aromatic N) is 4. The van der Waals surface area contributed by atoms with Crippen molar-refractivity contribution < 1.29 is 9.32 Å². The number of benzene rings is 1. The lowest BCUT2D eigenvalue weighted by Crippen LogP contribution is -2.37. The molecule has 1 aliphatic heterocycles. The zero-order chi connectivity index (χ0) is 19.3. The van der Waals surface area contributed by atoms with Gasteiger partial charge in [0.25, 0.3) is 0 Å². The Bertz CT molecular complexity index is 938. The molecule has 0 N–H and O–H groups in total. The smallest absolute Gasteiger partial charge is 0.224 e. The number of carbonyl (C=O) groups is 1. The van der Waals surface area contributed by atoms with Crippen LogP contribution >= 0.6 is 0 Å². The van der Waals surface area contributed by atoms with Crippen molar-refractivity contribution in [2.45, 2.75) is 25.9 Å². The van der Waals surface area contributed by atoms with Crippen molar-refractivity contribution in [1.29, 1.82) is 0 Å². The molecule has 3 aromatic rings. The third-order valence-electron chi connectivity index (χ3n) is 5.15. The first-order valence-electron chi connectivity index (χ1n) is 9.58. The number of rotatable bonds is 6. The summed E-state index contributed by atoms with van der Waals surface area (Å²) in [5.74, 6) is 0.991. The summed E-state index contributed by atoms with van der Waals surface area (Å²) in [6.07, 6.45) is 4.92. The molecule has 0 saturated carbocycles. The summed E-state index contributed by atoms with van der Waals surface area (Å²) in [5, 5.41) is 4.12. The average molecular weight is 376 g/mol. The van der Waals surface area contributed by atoms with Crippen molar-refractivity contribution in [2.75, 3.05) is 20.1 Å². The number of fused-ring (bicyclic) bond motifs is 1. The maximum atomic E-state index is 12.6. The highest BCUT2D eigenvalue weighted by molar-refractivity contribution is 5.76. The number of pyridine rings is 1. The number of hydrogen-bond donors (Lipinski definition) is 0. The predicted octanol–water partition coefficient (Wildman–Crippen LogP) is 3.14. The second-order valence-electron chi connectivity index (χ2n) is 7.24. The third kappa shape index (κ3) is 4.28. The van der Waals surface area contributed by atoms with Crippen LogP contribution in [0, 0.1) is 0 Å². The monoisotopic (exact) mass is 376 g/mol. The van der Waals surface area contributed by atoms with Crippen molar-refractivity contribution in [3.8, 4) is 11.3 Å². The van der Waals surface area contributed by atoms with E-state index in [0.717, 1.165) is 36.5 Å². The van der Waals surface area contributed by atoms with Gasteiger partial charge in [-0.15, -0.1) is 0 Å². The van der Waals surface area contributed by atoms with E-state index in [1.807, 2.05) is 36.2 Å². The molecule has 0 radical (unpaired) electrons. The molecule has 3 heterocycles. The molecule has 144 valence electrons. The van der Waals surface area contributed by atoms with Crippen LogP contribution in [0.4, 0.5) is 0 Å². The Balaban J connectivity index is 1.27. The van der Waals surface area contributed by atoms with Crippen LogP contribution in [-0.4, -0.2) is 46.0 Å². The minimum absolute atomic E-state index is 0.205. The molecular formula is C22H24N4O2. The van der Waals surface area contributed by atoms with Gasteiger partial charge in [-0.1, -0.05) is 29.4 Å². The molecule has 0 unspecified atom stereocenters. The minimum Gasteiger partial charge on any atom is -0.359 e. The van der Waals surface area contributed by atoms with E-state index in [0.29, 0.717) is 19.5 Å². The van der Waals surface area contributed by atoms with Crippen molar-refractivity contribution in [3.63, 3.8) is 0 Å². The van der Waals surface area contributed by atoms with Crippen molar-refractivity contribution >= 4 is 5.91 Å². The van der Waals surface area contributed by atoms with Crippen LogP contribution < -0.4 is 0 Å². The van der Waals surface area contributed by atoms with E-state index in [-0.39, 0.29) is 5.91 Å². The highest BCUT2D eigenvalue weighted by atomic mass is 16.5. The van der Waals surface area contributed by atoms with Crippen LogP contribution in [0.1, 0.15) is 23.3 Å². The highest BCUT2D eigenvalue weighted by Gasteiger charge is 2.20. The van der Waals surface area contributed by atoms with Gasteiger partial charge in [0.2, 0.25) is 5.91 Å². The molecule has 0 atom stereocenters. The topological polar surface area (TPSA) is 62.5 Å². The largest absolute Gasteiger partial charge is 0.359 e. The predicted molar refractivity (Wildman–Crippen MR) is 106 cm³/mol. The van der Waals surface area contributed by atoms with Gasteiger partial charge in [0, 0.05) is 50.1 Å². The molecule has 0 saturated heterocycles. The maximum Gasteiger partial charge on any atom is 0.224 e. The molecule has 1 amide bonds. The van der Waals surface area contributed by atoms with Crippen LogP contribution in [0.3, 0.4) is 0 Å². The fourth-order valence-electron chi connectivity index (χ4n) is 3.54. The Hall–Kier alpha value is -2.99. The molecule has 28 heavy (non-hydrogen) atoms. The summed E-state index contributed by atoms with van der Waals surface area (Å²) < 4.78 is 5.44. The first-order chi connectivity index (χ1) is 13.7. The third-order valence-corrected chi connectivity index (χ3v) is 5.15. The lowest BCUT2D eigenvalue weighted by Gasteiger charge is -2.29. The Morgan fingerprint density at radius 3 is 2.79 bits per heavy atom. The van der Waals surface area contributed by atoms with Crippen LogP contribution in [0.25, 0.3) is 11.3 Å². The standard InChI is InChI=1S/C22H24N4O2/c1-25(16-20-14-21(24-28-20)18-6-10-23-11-7-18)12-9-22(27)26-13-8-17-4-2-3-5-19(17)15-26/h2-7,10-11,14H,8-9,12-13,15-16H2,1H3. The molecule has 1 aliphatic rings. The molecule has 0 spiro atoms. The summed E-state index contributed by atoms with van der Waals surface area (Å²) in [7, 11) is 1.99. The highest BCUT2D eigenvalue weighted by Crippen LogP contribution is 2.20.